The van der Waals surface area contributed by atoms with E-state index in [9.17, 15) is 0 Å². The largest absolute Gasteiger partial charge is 0.779 e. The van der Waals surface area contributed by atoms with Gasteiger partial charge in [0.25, 0.3) is 0 Å². The Labute approximate surface area is 97.4 Å². The van der Waals surface area contributed by atoms with Crippen LogP contribution >= 0.6 is 0 Å². The summed E-state index contributed by atoms with van der Waals surface area (Å²) in [5.41, 5.74) is 0. The summed E-state index contributed by atoms with van der Waals surface area (Å²) >= 11 is 0. The Bertz CT molecular complexity index is 171. The van der Waals surface area contributed by atoms with Gasteiger partial charge in [0.05, 0.1) is 19.3 Å². The molecule has 0 atom stereocenters. The van der Waals surface area contributed by atoms with Crippen LogP contribution in [0.5, 0.6) is 0 Å². The molecule has 0 aromatic rings. The Morgan fingerprint density at radius 1 is 1.00 bits per heavy atom. The molecule has 0 spiro atoms. The minimum Gasteiger partial charge on any atom is -0.459 e. The summed E-state index contributed by atoms with van der Waals surface area (Å²) in [6.45, 7) is 5.00. The second-order valence-corrected chi connectivity index (χ2v) is 3.07. The summed E-state index contributed by atoms with van der Waals surface area (Å²) in [5.74, 6) is 0. The van der Waals surface area contributed by atoms with Crippen molar-refractivity contribution in [1.29, 1.82) is 0 Å². The Morgan fingerprint density at radius 3 is 1.88 bits per heavy atom. The number of unbranched alkanes of at least 4 members (excludes halogenated alkanes) is 2. The zero-order chi connectivity index (χ0) is 12.1. The predicted molar refractivity (Wildman–Crippen MR) is 59.6 cm³/mol. The molecule has 0 heterocycles. The molecule has 6 heteroatoms. The highest BCUT2D eigenvalue weighted by atomic mass is 17.3. The molecular formula is C10H19BO5. The van der Waals surface area contributed by atoms with Crippen molar-refractivity contribution >= 4 is 7.32 Å². The lowest BCUT2D eigenvalue weighted by Gasteiger charge is -2.09. The molecule has 5 nitrogen and oxygen atoms in total. The van der Waals surface area contributed by atoms with Crippen LogP contribution in [0.15, 0.2) is 0 Å². The summed E-state index contributed by atoms with van der Waals surface area (Å²) in [6, 6.07) is 0. The second kappa shape index (κ2) is 12.3. The summed E-state index contributed by atoms with van der Waals surface area (Å²) in [4.78, 5) is 19.1. The van der Waals surface area contributed by atoms with E-state index >= 15 is 0 Å². The molecular weight excluding hydrogens is 211 g/mol. The van der Waals surface area contributed by atoms with Crippen molar-refractivity contribution in [2.45, 2.75) is 39.5 Å². The monoisotopic (exact) mass is 230 g/mol. The fraction of sp³-hybridized carbons (Fsp3) is 0.800. The van der Waals surface area contributed by atoms with E-state index < -0.39 is 7.32 Å². The number of hydrogen-bond acceptors (Lipinski definition) is 5. The smallest absolute Gasteiger partial charge is 0.459 e. The average Bonchev–Trinajstić information content (AvgIpc) is 2.30. The average molecular weight is 230 g/mol. The van der Waals surface area contributed by atoms with Gasteiger partial charge in [0.15, 0.2) is 0 Å². The first-order valence-electron chi connectivity index (χ1n) is 5.52. The lowest BCUT2D eigenvalue weighted by Crippen LogP contribution is -2.26. The zero-order valence-corrected chi connectivity index (χ0v) is 9.94. The van der Waals surface area contributed by atoms with Crippen LogP contribution in [0.2, 0.25) is 0 Å². The normalized spacial score (nSPS) is 9.81. The van der Waals surface area contributed by atoms with Gasteiger partial charge in [-0.25, -0.2) is 19.4 Å². The Hall–Kier alpha value is -0.735. The highest BCUT2D eigenvalue weighted by Crippen LogP contribution is 1.98. The summed E-state index contributed by atoms with van der Waals surface area (Å²) in [7, 11) is -1.14. The first-order valence-corrected chi connectivity index (χ1v) is 5.52. The van der Waals surface area contributed by atoms with Crippen LogP contribution in [0.1, 0.15) is 39.5 Å². The van der Waals surface area contributed by atoms with Gasteiger partial charge in [0.1, 0.15) is 0 Å². The van der Waals surface area contributed by atoms with E-state index in [0.717, 1.165) is 25.7 Å². The first kappa shape index (κ1) is 15.3. The topological polar surface area (TPSA) is 46.2 Å². The third-order valence-electron chi connectivity index (χ3n) is 1.62. The molecule has 0 aliphatic rings. The first-order chi connectivity index (χ1) is 7.85. The van der Waals surface area contributed by atoms with E-state index in [2.05, 4.69) is 4.65 Å². The third kappa shape index (κ3) is 9.81. The van der Waals surface area contributed by atoms with E-state index in [1.807, 2.05) is 20.0 Å². The van der Waals surface area contributed by atoms with Crippen LogP contribution < -0.4 is 0 Å². The van der Waals surface area contributed by atoms with Crippen molar-refractivity contribution in [2.75, 3.05) is 13.2 Å². The molecule has 92 valence electrons. The van der Waals surface area contributed by atoms with Crippen molar-refractivity contribution in [1.82, 2.24) is 0 Å². The van der Waals surface area contributed by atoms with Gasteiger partial charge in [-0.05, 0) is 12.8 Å². The molecule has 0 saturated carbocycles. The minimum absolute atomic E-state index is 0.458. The third-order valence-corrected chi connectivity index (χ3v) is 1.62. The molecule has 0 aromatic carbocycles. The van der Waals surface area contributed by atoms with E-state index in [4.69, 9.17) is 25.8 Å². The maximum Gasteiger partial charge on any atom is 0.779 e. The van der Waals surface area contributed by atoms with Gasteiger partial charge >= 0.3 is 7.32 Å². The maximum absolute atomic E-state index is 4.95. The van der Waals surface area contributed by atoms with Gasteiger partial charge in [0, 0.05) is 0 Å². The molecule has 0 amide bonds. The van der Waals surface area contributed by atoms with Gasteiger partial charge < -0.3 is 4.65 Å². The lowest BCUT2D eigenvalue weighted by atomic mass is 10.3. The van der Waals surface area contributed by atoms with E-state index in [-0.39, 0.29) is 0 Å². The molecule has 0 rings (SSSR count). The molecule has 0 unspecified atom stereocenters. The summed E-state index contributed by atoms with van der Waals surface area (Å²) in [6.07, 6.45) is 10.7. The minimum atomic E-state index is -1.14. The number of hydrogen-bond donors (Lipinski definition) is 0. The zero-order valence-electron chi connectivity index (χ0n) is 9.94. The molecule has 0 fully saturated rings. The van der Waals surface area contributed by atoms with Gasteiger partial charge in [0.2, 0.25) is 0 Å². The van der Waals surface area contributed by atoms with Crippen LogP contribution in [0.4, 0.5) is 0 Å². The standard InChI is InChI=1S/C10H19BO5/c1-4-7-9-13-15-11(12-6-3)16-14-10-8-5-2/h3H,4-5,7-10H2,1-2H3. The van der Waals surface area contributed by atoms with Crippen LogP contribution in [-0.2, 0) is 24.0 Å². The Kier molecular flexibility index (Phi) is 11.8. The predicted octanol–water partition coefficient (Wildman–Crippen LogP) is 2.08. The number of terminal acetylenes is 1. The summed E-state index contributed by atoms with van der Waals surface area (Å²) in [5, 5.41) is 0. The van der Waals surface area contributed by atoms with Crippen LogP contribution in [0.25, 0.3) is 0 Å². The highest BCUT2D eigenvalue weighted by molar-refractivity contribution is 6.36. The van der Waals surface area contributed by atoms with E-state index in [1.165, 1.54) is 0 Å². The van der Waals surface area contributed by atoms with E-state index in [0.29, 0.717) is 13.2 Å². The SMILES string of the molecule is C#COB(OOCCCC)OOCCCC. The Balaban J connectivity index is 3.50. The number of rotatable bonds is 11. The molecule has 0 aromatic heterocycles. The maximum atomic E-state index is 4.95. The van der Waals surface area contributed by atoms with Gasteiger partial charge in [-0.3, -0.25) is 0 Å². The highest BCUT2D eigenvalue weighted by Gasteiger charge is 2.26. The van der Waals surface area contributed by atoms with Crippen LogP contribution in [0, 0.1) is 12.5 Å². The van der Waals surface area contributed by atoms with Gasteiger partial charge in [-0.15, -0.1) is 0 Å². The van der Waals surface area contributed by atoms with Crippen LogP contribution in [0.3, 0.4) is 0 Å². The molecule has 0 radical (unpaired) electrons. The van der Waals surface area contributed by atoms with Gasteiger partial charge in [-0.1, -0.05) is 33.1 Å². The van der Waals surface area contributed by atoms with E-state index in [1.54, 1.807) is 0 Å². The van der Waals surface area contributed by atoms with Crippen molar-refractivity contribution in [3.63, 3.8) is 0 Å². The molecule has 0 N–H and O–H groups in total. The Morgan fingerprint density at radius 2 is 1.50 bits per heavy atom. The molecule has 0 aliphatic heterocycles. The van der Waals surface area contributed by atoms with Gasteiger partial charge in [-0.2, -0.15) is 0 Å². The van der Waals surface area contributed by atoms with Crippen LogP contribution in [-0.4, -0.2) is 20.5 Å². The molecule has 0 aliphatic carbocycles. The molecule has 0 saturated heterocycles. The second-order valence-electron chi connectivity index (χ2n) is 3.07. The van der Waals surface area contributed by atoms with Crippen molar-refractivity contribution in [3.8, 4) is 12.5 Å². The fourth-order valence-electron chi connectivity index (χ4n) is 0.725. The molecule has 0 bridgehead atoms. The quantitative estimate of drug-likeness (QED) is 0.179. The fourth-order valence-corrected chi connectivity index (χ4v) is 0.725. The van der Waals surface area contributed by atoms with Crippen molar-refractivity contribution in [3.05, 3.63) is 0 Å². The molecule has 16 heavy (non-hydrogen) atoms. The summed E-state index contributed by atoms with van der Waals surface area (Å²) < 4.78 is 4.64. The van der Waals surface area contributed by atoms with Crippen molar-refractivity contribution in [2.24, 2.45) is 0 Å². The van der Waals surface area contributed by atoms with Crippen molar-refractivity contribution < 1.29 is 24.0 Å². The lowest BCUT2D eigenvalue weighted by molar-refractivity contribution is -0.297.